The molecule has 0 saturated carbocycles. The maximum atomic E-state index is 12.0. The summed E-state index contributed by atoms with van der Waals surface area (Å²) in [5.41, 5.74) is 6.74. The van der Waals surface area contributed by atoms with Crippen molar-refractivity contribution < 1.29 is 9.53 Å². The van der Waals surface area contributed by atoms with Crippen LogP contribution in [0, 0.1) is 0 Å². The predicted octanol–water partition coefficient (Wildman–Crippen LogP) is 2.37. The van der Waals surface area contributed by atoms with Gasteiger partial charge in [0.2, 0.25) is 0 Å². The van der Waals surface area contributed by atoms with E-state index in [1.807, 2.05) is 6.26 Å². The van der Waals surface area contributed by atoms with Gasteiger partial charge in [-0.1, -0.05) is 0 Å². The fourth-order valence-electron chi connectivity index (χ4n) is 2.59. The standard InChI is InChI=1S/C14H23N3O2S2/c1-5-19-14(18)12-10(15)11(20-4)13(21-12)17-7-6-16(3)8-9(17)2/h9H,5-8,15H2,1-4H3. The second-order valence-corrected chi connectivity index (χ2v) is 7.02. The molecule has 1 aliphatic heterocycles. The SMILES string of the molecule is CCOC(=O)c1sc(N2CCN(C)CC2C)c(SC)c1N. The van der Waals surface area contributed by atoms with Crippen LogP contribution in [0.1, 0.15) is 23.5 Å². The summed E-state index contributed by atoms with van der Waals surface area (Å²) in [6, 6.07) is 0.405. The number of piperazine rings is 1. The topological polar surface area (TPSA) is 58.8 Å². The molecule has 1 atom stereocenters. The van der Waals surface area contributed by atoms with Crippen molar-refractivity contribution in [1.82, 2.24) is 4.90 Å². The minimum atomic E-state index is -0.316. The summed E-state index contributed by atoms with van der Waals surface area (Å²) in [5.74, 6) is -0.316. The van der Waals surface area contributed by atoms with Gasteiger partial charge in [0.15, 0.2) is 0 Å². The Labute approximate surface area is 134 Å². The molecule has 1 aromatic rings. The third-order valence-electron chi connectivity index (χ3n) is 3.64. The van der Waals surface area contributed by atoms with Crippen LogP contribution in [0.25, 0.3) is 0 Å². The van der Waals surface area contributed by atoms with E-state index in [2.05, 4.69) is 23.8 Å². The van der Waals surface area contributed by atoms with E-state index in [0.717, 1.165) is 29.5 Å². The van der Waals surface area contributed by atoms with E-state index in [1.165, 1.54) is 11.3 Å². The van der Waals surface area contributed by atoms with Crippen molar-refractivity contribution in [3.05, 3.63) is 4.88 Å². The van der Waals surface area contributed by atoms with Crippen LogP contribution in [-0.2, 0) is 4.74 Å². The molecular weight excluding hydrogens is 306 g/mol. The Hall–Kier alpha value is -0.920. The Morgan fingerprint density at radius 2 is 2.24 bits per heavy atom. The van der Waals surface area contributed by atoms with Crippen molar-refractivity contribution in [2.24, 2.45) is 0 Å². The van der Waals surface area contributed by atoms with Gasteiger partial charge in [-0.2, -0.15) is 0 Å². The summed E-state index contributed by atoms with van der Waals surface area (Å²) in [5, 5.41) is 1.10. The Balaban J connectivity index is 2.35. The van der Waals surface area contributed by atoms with Gasteiger partial charge in [0, 0.05) is 25.7 Å². The van der Waals surface area contributed by atoms with E-state index in [4.69, 9.17) is 10.5 Å². The van der Waals surface area contributed by atoms with Gasteiger partial charge in [0.05, 0.1) is 17.2 Å². The molecule has 1 unspecified atom stereocenters. The third kappa shape index (κ3) is 3.30. The molecule has 1 fully saturated rings. The Kier molecular flexibility index (Phi) is 5.40. The molecule has 0 amide bonds. The van der Waals surface area contributed by atoms with E-state index in [1.54, 1.807) is 18.7 Å². The normalized spacial score (nSPS) is 19.8. The zero-order valence-corrected chi connectivity index (χ0v) is 14.6. The van der Waals surface area contributed by atoms with Gasteiger partial charge in [-0.05, 0) is 27.2 Å². The predicted molar refractivity (Wildman–Crippen MR) is 90.8 cm³/mol. The highest BCUT2D eigenvalue weighted by atomic mass is 32.2. The molecule has 1 aromatic heterocycles. The molecule has 0 spiro atoms. The number of hydrogen-bond donors (Lipinski definition) is 1. The van der Waals surface area contributed by atoms with Crippen LogP contribution >= 0.6 is 23.1 Å². The lowest BCUT2D eigenvalue weighted by Crippen LogP contribution is -2.50. The van der Waals surface area contributed by atoms with Crippen LogP contribution in [0.15, 0.2) is 4.90 Å². The molecule has 2 rings (SSSR count). The number of carbonyl (C=O) groups is 1. The molecule has 7 heteroatoms. The average Bonchev–Trinajstić information content (AvgIpc) is 2.76. The number of thiophene rings is 1. The lowest BCUT2D eigenvalue weighted by atomic mass is 10.2. The van der Waals surface area contributed by atoms with E-state index in [9.17, 15) is 4.79 Å². The minimum Gasteiger partial charge on any atom is -0.462 e. The fourth-order valence-corrected chi connectivity index (χ4v) is 4.78. The smallest absolute Gasteiger partial charge is 0.350 e. The average molecular weight is 329 g/mol. The lowest BCUT2D eigenvalue weighted by Gasteiger charge is -2.39. The maximum Gasteiger partial charge on any atom is 0.350 e. The first kappa shape index (κ1) is 16.5. The molecule has 118 valence electrons. The summed E-state index contributed by atoms with van der Waals surface area (Å²) in [6.07, 6.45) is 2.00. The Morgan fingerprint density at radius 1 is 1.52 bits per heavy atom. The molecule has 0 radical (unpaired) electrons. The number of nitrogen functional groups attached to an aromatic ring is 1. The van der Waals surface area contributed by atoms with Gasteiger partial charge in [-0.3, -0.25) is 0 Å². The molecule has 1 aliphatic rings. The van der Waals surface area contributed by atoms with Crippen molar-refractivity contribution in [3.63, 3.8) is 0 Å². The third-order valence-corrected chi connectivity index (χ3v) is 5.81. The van der Waals surface area contributed by atoms with Crippen LogP contribution in [0.5, 0.6) is 0 Å². The maximum absolute atomic E-state index is 12.0. The fraction of sp³-hybridized carbons (Fsp3) is 0.643. The highest BCUT2D eigenvalue weighted by molar-refractivity contribution is 7.99. The van der Waals surface area contributed by atoms with Crippen LogP contribution in [0.3, 0.4) is 0 Å². The first-order chi connectivity index (χ1) is 9.99. The molecule has 0 aliphatic carbocycles. The van der Waals surface area contributed by atoms with Crippen LogP contribution in [-0.4, -0.2) is 56.5 Å². The van der Waals surface area contributed by atoms with Crippen molar-refractivity contribution >= 4 is 39.8 Å². The van der Waals surface area contributed by atoms with Crippen LogP contribution < -0.4 is 10.6 Å². The second kappa shape index (κ2) is 6.89. The number of rotatable bonds is 4. The molecule has 5 nitrogen and oxygen atoms in total. The number of esters is 1. The van der Waals surface area contributed by atoms with E-state index >= 15 is 0 Å². The zero-order valence-electron chi connectivity index (χ0n) is 13.0. The molecule has 2 heterocycles. The van der Waals surface area contributed by atoms with Gasteiger partial charge in [-0.15, -0.1) is 23.1 Å². The molecular formula is C14H23N3O2S2. The molecule has 21 heavy (non-hydrogen) atoms. The molecule has 0 aromatic carbocycles. The highest BCUT2D eigenvalue weighted by Crippen LogP contribution is 2.45. The lowest BCUT2D eigenvalue weighted by molar-refractivity contribution is 0.0533. The first-order valence-corrected chi connectivity index (χ1v) is 9.12. The van der Waals surface area contributed by atoms with Crippen LogP contribution in [0.2, 0.25) is 0 Å². The summed E-state index contributed by atoms with van der Waals surface area (Å²) >= 11 is 3.05. The van der Waals surface area contributed by atoms with E-state index in [-0.39, 0.29) is 5.97 Å². The zero-order chi connectivity index (χ0) is 15.6. The minimum absolute atomic E-state index is 0.316. The number of nitrogens with zero attached hydrogens (tertiary/aromatic N) is 2. The number of hydrogen-bond acceptors (Lipinski definition) is 7. The largest absolute Gasteiger partial charge is 0.462 e. The van der Waals surface area contributed by atoms with Crippen molar-refractivity contribution in [2.75, 3.05) is 50.2 Å². The van der Waals surface area contributed by atoms with Gasteiger partial charge in [0.1, 0.15) is 9.88 Å². The quantitative estimate of drug-likeness (QED) is 0.676. The highest BCUT2D eigenvalue weighted by Gasteiger charge is 2.29. The number of anilines is 2. The van der Waals surface area contributed by atoms with E-state index < -0.39 is 0 Å². The number of ether oxygens (including phenoxy) is 1. The summed E-state index contributed by atoms with van der Waals surface area (Å²) in [6.45, 7) is 7.36. The van der Waals surface area contributed by atoms with Gasteiger partial charge in [-0.25, -0.2) is 4.79 Å². The monoisotopic (exact) mass is 329 g/mol. The Bertz CT molecular complexity index is 519. The van der Waals surface area contributed by atoms with E-state index in [0.29, 0.717) is 23.2 Å². The number of carbonyl (C=O) groups excluding carboxylic acids is 1. The van der Waals surface area contributed by atoms with Gasteiger partial charge in [0.25, 0.3) is 0 Å². The summed E-state index contributed by atoms with van der Waals surface area (Å²) in [7, 11) is 2.14. The molecule has 0 bridgehead atoms. The number of thioether (sulfide) groups is 1. The van der Waals surface area contributed by atoms with Gasteiger partial charge < -0.3 is 20.3 Å². The number of likely N-dealkylation sites (N-methyl/N-ethyl adjacent to an activating group) is 1. The molecule has 2 N–H and O–H groups in total. The van der Waals surface area contributed by atoms with Crippen molar-refractivity contribution in [1.29, 1.82) is 0 Å². The van der Waals surface area contributed by atoms with Crippen LogP contribution in [0.4, 0.5) is 10.7 Å². The van der Waals surface area contributed by atoms with Gasteiger partial charge >= 0.3 is 5.97 Å². The number of nitrogens with two attached hydrogens (primary N) is 1. The Morgan fingerprint density at radius 3 is 2.81 bits per heavy atom. The first-order valence-electron chi connectivity index (χ1n) is 7.08. The van der Waals surface area contributed by atoms with Crippen molar-refractivity contribution in [3.8, 4) is 0 Å². The second-order valence-electron chi connectivity index (χ2n) is 5.21. The summed E-state index contributed by atoms with van der Waals surface area (Å²) < 4.78 is 5.11. The molecule has 1 saturated heterocycles. The summed E-state index contributed by atoms with van der Waals surface area (Å²) in [4.78, 5) is 18.2. The van der Waals surface area contributed by atoms with Crippen molar-refractivity contribution in [2.45, 2.75) is 24.8 Å².